The summed E-state index contributed by atoms with van der Waals surface area (Å²) in [5.41, 5.74) is 7.57. The minimum Gasteiger partial charge on any atom is -0.391 e. The van der Waals surface area contributed by atoms with Crippen LogP contribution in [0.15, 0.2) is 53.9 Å². The molecule has 1 aromatic heterocycles. The summed E-state index contributed by atoms with van der Waals surface area (Å²) >= 11 is 0. The Morgan fingerprint density at radius 1 is 1.09 bits per heavy atom. The van der Waals surface area contributed by atoms with E-state index in [0.29, 0.717) is 30.8 Å². The molecule has 0 bridgehead atoms. The molecule has 2 aromatic rings. The van der Waals surface area contributed by atoms with Crippen molar-refractivity contribution in [2.75, 3.05) is 19.6 Å². The van der Waals surface area contributed by atoms with E-state index in [0.717, 1.165) is 30.3 Å². The number of carbonyl (C=O) groups excluding carboxylic acids is 2. The van der Waals surface area contributed by atoms with Crippen molar-refractivity contribution in [3.63, 3.8) is 0 Å². The predicted octanol–water partition coefficient (Wildman–Crippen LogP) is 4.58. The quantitative estimate of drug-likeness (QED) is 0.276. The minimum atomic E-state index is -1.49. The summed E-state index contributed by atoms with van der Waals surface area (Å²) < 4.78 is 28.5. The topological polar surface area (TPSA) is 121 Å². The zero-order chi connectivity index (χ0) is 31.7. The van der Waals surface area contributed by atoms with Gasteiger partial charge in [0.05, 0.1) is 17.2 Å². The minimum absolute atomic E-state index is 0.0361. The Labute approximate surface area is 253 Å². The maximum absolute atomic E-state index is 14.2. The number of benzene rings is 1. The largest absolute Gasteiger partial charge is 0.391 e. The van der Waals surface area contributed by atoms with Crippen LogP contribution in [0.25, 0.3) is 0 Å². The van der Waals surface area contributed by atoms with Gasteiger partial charge in [0.1, 0.15) is 18.0 Å². The predicted molar refractivity (Wildman–Crippen MR) is 163 cm³/mol. The average molecular weight is 598 g/mol. The highest BCUT2D eigenvalue weighted by Crippen LogP contribution is 2.44. The van der Waals surface area contributed by atoms with Crippen LogP contribution in [0.4, 0.5) is 8.78 Å². The van der Waals surface area contributed by atoms with Crippen molar-refractivity contribution in [3.05, 3.63) is 82.5 Å². The van der Waals surface area contributed by atoms with Gasteiger partial charge in [0.2, 0.25) is 11.8 Å². The van der Waals surface area contributed by atoms with Crippen molar-refractivity contribution < 1.29 is 23.5 Å². The number of rotatable bonds is 15. The normalized spacial score (nSPS) is 18.2. The third-order valence-electron chi connectivity index (χ3n) is 7.88. The first-order valence-corrected chi connectivity index (χ1v) is 15.0. The summed E-state index contributed by atoms with van der Waals surface area (Å²) in [6.07, 6.45) is 5.23. The fourth-order valence-electron chi connectivity index (χ4n) is 5.88. The molecule has 0 radical (unpaired) electrons. The van der Waals surface area contributed by atoms with Gasteiger partial charge in [-0.1, -0.05) is 45.4 Å². The number of nitrogens with one attached hydrogen (secondary N) is 1. The van der Waals surface area contributed by atoms with E-state index in [2.05, 4.69) is 15.3 Å². The van der Waals surface area contributed by atoms with E-state index in [9.17, 15) is 23.5 Å². The molecular weight excluding hydrogens is 552 g/mol. The summed E-state index contributed by atoms with van der Waals surface area (Å²) in [6.45, 7) is 11.3. The lowest BCUT2D eigenvalue weighted by Gasteiger charge is -2.42. The molecule has 43 heavy (non-hydrogen) atoms. The van der Waals surface area contributed by atoms with Crippen molar-refractivity contribution in [2.24, 2.45) is 17.1 Å². The van der Waals surface area contributed by atoms with Crippen LogP contribution in [0.5, 0.6) is 0 Å². The molecule has 0 spiro atoms. The van der Waals surface area contributed by atoms with E-state index in [1.807, 2.05) is 33.8 Å². The Balaban J connectivity index is 1.97. The first kappa shape index (κ1) is 34.0. The van der Waals surface area contributed by atoms with E-state index < -0.39 is 35.0 Å². The molecule has 1 aromatic carbocycles. The van der Waals surface area contributed by atoms with Crippen molar-refractivity contribution in [1.29, 1.82) is 0 Å². The smallest absolute Gasteiger partial charge is 0.249 e. The molecule has 10 heteroatoms. The van der Waals surface area contributed by atoms with Gasteiger partial charge in [0.25, 0.3) is 0 Å². The van der Waals surface area contributed by atoms with E-state index in [1.165, 1.54) is 18.5 Å². The second-order valence-corrected chi connectivity index (χ2v) is 11.8. The molecule has 0 fully saturated rings. The molecule has 4 N–H and O–H groups in total. The zero-order valence-electron chi connectivity index (χ0n) is 25.9. The number of hydrogen-bond donors (Lipinski definition) is 3. The molecule has 1 aliphatic rings. The maximum Gasteiger partial charge on any atom is 0.249 e. The highest BCUT2D eigenvalue weighted by molar-refractivity contribution is 5.96. The first-order valence-electron chi connectivity index (χ1n) is 15.0. The van der Waals surface area contributed by atoms with E-state index in [-0.39, 0.29) is 36.8 Å². The molecule has 3 atom stereocenters. The maximum atomic E-state index is 14.2. The Bertz CT molecular complexity index is 1320. The molecule has 0 aliphatic heterocycles. The lowest BCUT2D eigenvalue weighted by atomic mass is 9.63. The molecule has 1 heterocycles. The molecule has 2 amide bonds. The average Bonchev–Trinajstić information content (AvgIpc) is 2.94. The van der Waals surface area contributed by atoms with Crippen LogP contribution < -0.4 is 11.1 Å². The van der Waals surface area contributed by atoms with Gasteiger partial charge in [-0.25, -0.2) is 18.7 Å². The molecule has 3 rings (SSSR count). The number of hydrogen-bond acceptors (Lipinski definition) is 6. The number of aromatic nitrogens is 2. The van der Waals surface area contributed by atoms with Crippen molar-refractivity contribution in [1.82, 2.24) is 20.2 Å². The van der Waals surface area contributed by atoms with Gasteiger partial charge in [0.15, 0.2) is 0 Å². The number of halogens is 2. The highest BCUT2D eigenvalue weighted by Gasteiger charge is 2.48. The first-order chi connectivity index (χ1) is 20.4. The summed E-state index contributed by atoms with van der Waals surface area (Å²) in [6, 6.07) is 5.03. The van der Waals surface area contributed by atoms with Crippen LogP contribution >= 0.6 is 0 Å². The third-order valence-corrected chi connectivity index (χ3v) is 7.88. The fraction of sp³-hybridized carbons (Fsp3) is 0.515. The number of carbonyl (C=O) groups is 2. The second kappa shape index (κ2) is 15.3. The molecule has 0 saturated heterocycles. The monoisotopic (exact) mass is 597 g/mol. The van der Waals surface area contributed by atoms with Crippen LogP contribution in [0.2, 0.25) is 0 Å². The van der Waals surface area contributed by atoms with Gasteiger partial charge in [-0.2, -0.15) is 0 Å². The van der Waals surface area contributed by atoms with Gasteiger partial charge >= 0.3 is 0 Å². The Morgan fingerprint density at radius 3 is 2.33 bits per heavy atom. The SMILES string of the molecule is CCCN(CCC)C(=O)C1=CC(C)=CC(C(N)=O)([C@H](Cc2cc(F)cc(F)c2)[C@@H](O)CNCc2cc(C(C)C)ncn2)C1. The summed E-state index contributed by atoms with van der Waals surface area (Å²) in [4.78, 5) is 37.4. The highest BCUT2D eigenvalue weighted by atomic mass is 19.1. The van der Waals surface area contributed by atoms with Gasteiger partial charge in [-0.15, -0.1) is 0 Å². The number of amides is 2. The Hall–Kier alpha value is -3.50. The van der Waals surface area contributed by atoms with Gasteiger partial charge in [-0.3, -0.25) is 9.59 Å². The molecule has 0 saturated carbocycles. The van der Waals surface area contributed by atoms with Crippen LogP contribution in [0.3, 0.4) is 0 Å². The summed E-state index contributed by atoms with van der Waals surface area (Å²) in [5.74, 6) is -3.13. The van der Waals surface area contributed by atoms with Crippen LogP contribution in [0, 0.1) is 23.0 Å². The molecule has 1 unspecified atom stereocenters. The molecule has 8 nitrogen and oxygen atoms in total. The number of nitrogens with zero attached hydrogens (tertiary/aromatic N) is 3. The van der Waals surface area contributed by atoms with E-state index in [4.69, 9.17) is 5.73 Å². The van der Waals surface area contributed by atoms with Gasteiger partial charge in [-0.05, 0) is 62.3 Å². The van der Waals surface area contributed by atoms with E-state index >= 15 is 0 Å². The number of aliphatic hydroxyl groups excluding tert-OH is 1. The van der Waals surface area contributed by atoms with Crippen LogP contribution in [-0.4, -0.2) is 57.5 Å². The van der Waals surface area contributed by atoms with Crippen molar-refractivity contribution >= 4 is 11.8 Å². The Kier molecular flexibility index (Phi) is 12.1. The van der Waals surface area contributed by atoms with Gasteiger partial charge in [0, 0.05) is 49.4 Å². The molecule has 1 aliphatic carbocycles. The Morgan fingerprint density at radius 2 is 1.74 bits per heavy atom. The van der Waals surface area contributed by atoms with Gasteiger partial charge < -0.3 is 21.1 Å². The number of aliphatic hydroxyl groups is 1. The standard InChI is InChI=1S/C33H45F2N5O3/c1-6-8-40(9-7-2)31(42)24-10-22(5)16-33(17-24,32(36)43)28(13-23-11-25(34)14-26(35)12-23)30(41)19-37-18-27-15-29(21(3)4)39-20-38-27/h10-12,14-16,20-21,28,30,37,41H,6-9,13,17-19H2,1-5H3,(H2,36,43)/t28-,30+,33?/m1/s1. The van der Waals surface area contributed by atoms with Crippen LogP contribution in [0.1, 0.15) is 76.8 Å². The number of allylic oxidation sites excluding steroid dienone is 2. The second-order valence-electron chi connectivity index (χ2n) is 11.8. The number of nitrogens with two attached hydrogens (primary N) is 1. The van der Waals surface area contributed by atoms with Crippen molar-refractivity contribution in [3.8, 4) is 0 Å². The fourth-order valence-corrected chi connectivity index (χ4v) is 5.88. The summed E-state index contributed by atoms with van der Waals surface area (Å²) in [7, 11) is 0. The summed E-state index contributed by atoms with van der Waals surface area (Å²) in [5, 5.41) is 14.8. The number of primary amides is 1. The lowest BCUT2D eigenvalue weighted by molar-refractivity contribution is -0.132. The molecule has 234 valence electrons. The van der Waals surface area contributed by atoms with Crippen molar-refractivity contribution in [2.45, 2.75) is 78.9 Å². The molecular formula is C33H45F2N5O3. The van der Waals surface area contributed by atoms with E-state index in [1.54, 1.807) is 24.0 Å². The third kappa shape index (κ3) is 8.76. The van der Waals surface area contributed by atoms with Crippen LogP contribution in [-0.2, 0) is 22.6 Å². The zero-order valence-corrected chi connectivity index (χ0v) is 25.9. The lowest BCUT2D eigenvalue weighted by Crippen LogP contribution is -2.51.